The lowest BCUT2D eigenvalue weighted by Gasteiger charge is -2.32. The molecule has 0 aliphatic carbocycles. The van der Waals surface area contributed by atoms with Crippen LogP contribution in [-0.2, 0) is 0 Å². The maximum absolute atomic E-state index is 11.9. The van der Waals surface area contributed by atoms with E-state index in [4.69, 9.17) is 0 Å². The molecule has 0 N–H and O–H groups in total. The Morgan fingerprint density at radius 2 is 2.07 bits per heavy atom. The van der Waals surface area contributed by atoms with Crippen molar-refractivity contribution >= 4 is 17.2 Å². The average Bonchev–Trinajstić information content (AvgIpc) is 2.71. The van der Waals surface area contributed by atoms with Crippen molar-refractivity contribution in [3.05, 3.63) is 22.4 Å². The number of amides is 1. The summed E-state index contributed by atoms with van der Waals surface area (Å²) in [6.07, 6.45) is 0. The molecule has 0 spiro atoms. The van der Waals surface area contributed by atoms with Crippen LogP contribution in [0.25, 0.3) is 0 Å². The molecule has 1 aromatic heterocycles. The molecule has 2 heterocycles. The Kier molecular flexibility index (Phi) is 2.84. The number of likely N-dealkylation sites (N-methyl/N-ethyl adjacent to an activating group) is 1. The summed E-state index contributed by atoms with van der Waals surface area (Å²) in [7, 11) is 2.09. The summed E-state index contributed by atoms with van der Waals surface area (Å²) in [4.78, 5) is 16.1. The van der Waals surface area contributed by atoms with Crippen LogP contribution in [0.4, 0.5) is 0 Å². The minimum absolute atomic E-state index is 0.180. The first kappa shape index (κ1) is 9.68. The van der Waals surface area contributed by atoms with Gasteiger partial charge in [0, 0.05) is 31.6 Å². The Hall–Kier alpha value is -0.870. The highest BCUT2D eigenvalue weighted by atomic mass is 32.1. The van der Waals surface area contributed by atoms with Gasteiger partial charge in [-0.15, -0.1) is 0 Å². The van der Waals surface area contributed by atoms with Crippen LogP contribution in [-0.4, -0.2) is 48.9 Å². The van der Waals surface area contributed by atoms with E-state index in [2.05, 4.69) is 11.9 Å². The summed E-state index contributed by atoms with van der Waals surface area (Å²) in [6.45, 7) is 3.67. The van der Waals surface area contributed by atoms with Crippen molar-refractivity contribution in [3.63, 3.8) is 0 Å². The quantitative estimate of drug-likeness (QED) is 0.694. The first-order chi connectivity index (χ1) is 6.77. The van der Waals surface area contributed by atoms with Gasteiger partial charge in [0.15, 0.2) is 0 Å². The van der Waals surface area contributed by atoms with Gasteiger partial charge in [-0.1, -0.05) is 0 Å². The molecule has 2 rings (SSSR count). The van der Waals surface area contributed by atoms with E-state index in [1.165, 1.54) is 0 Å². The fraction of sp³-hybridized carbons (Fsp3) is 0.500. The second-order valence-electron chi connectivity index (χ2n) is 3.61. The lowest BCUT2D eigenvalue weighted by Crippen LogP contribution is -2.47. The predicted molar refractivity (Wildman–Crippen MR) is 57.7 cm³/mol. The number of carbonyl (C=O) groups excluding carboxylic acids is 1. The van der Waals surface area contributed by atoms with E-state index < -0.39 is 0 Å². The van der Waals surface area contributed by atoms with Crippen molar-refractivity contribution in [2.24, 2.45) is 0 Å². The van der Waals surface area contributed by atoms with Crippen LogP contribution < -0.4 is 0 Å². The summed E-state index contributed by atoms with van der Waals surface area (Å²) in [5.74, 6) is 0.180. The highest BCUT2D eigenvalue weighted by Crippen LogP contribution is 2.11. The molecule has 1 aliphatic heterocycles. The third-order valence-electron chi connectivity index (χ3n) is 2.56. The SMILES string of the molecule is CN1CCN(C(=O)c2ccsc2)CC1. The lowest BCUT2D eigenvalue weighted by molar-refractivity contribution is 0.0664. The van der Waals surface area contributed by atoms with Gasteiger partial charge in [-0.2, -0.15) is 11.3 Å². The lowest BCUT2D eigenvalue weighted by atomic mass is 10.2. The molecule has 0 atom stereocenters. The molecule has 4 heteroatoms. The number of nitrogens with zero attached hydrogens (tertiary/aromatic N) is 2. The monoisotopic (exact) mass is 210 g/mol. The standard InChI is InChI=1S/C10H14N2OS/c1-11-3-5-12(6-4-11)10(13)9-2-7-14-8-9/h2,7-8H,3-6H2,1H3. The highest BCUT2D eigenvalue weighted by Gasteiger charge is 2.20. The zero-order valence-electron chi connectivity index (χ0n) is 8.27. The zero-order chi connectivity index (χ0) is 9.97. The molecule has 0 aromatic carbocycles. The second kappa shape index (κ2) is 4.11. The van der Waals surface area contributed by atoms with E-state index in [0.717, 1.165) is 31.7 Å². The molecule has 0 unspecified atom stereocenters. The van der Waals surface area contributed by atoms with Crippen LogP contribution in [0.3, 0.4) is 0 Å². The third-order valence-corrected chi connectivity index (χ3v) is 3.24. The number of hydrogen-bond acceptors (Lipinski definition) is 3. The molecule has 14 heavy (non-hydrogen) atoms. The Morgan fingerprint density at radius 3 is 2.64 bits per heavy atom. The Labute approximate surface area is 87.9 Å². The molecule has 0 bridgehead atoms. The number of carbonyl (C=O) groups is 1. The Balaban J connectivity index is 1.99. The number of thiophene rings is 1. The van der Waals surface area contributed by atoms with Gasteiger partial charge >= 0.3 is 0 Å². The van der Waals surface area contributed by atoms with Crippen molar-refractivity contribution in [1.29, 1.82) is 0 Å². The van der Waals surface area contributed by atoms with E-state index in [1.807, 2.05) is 21.7 Å². The Morgan fingerprint density at radius 1 is 1.36 bits per heavy atom. The minimum atomic E-state index is 0.180. The van der Waals surface area contributed by atoms with Crippen molar-refractivity contribution in [2.45, 2.75) is 0 Å². The summed E-state index contributed by atoms with van der Waals surface area (Å²) < 4.78 is 0. The fourth-order valence-electron chi connectivity index (χ4n) is 1.58. The molecule has 0 radical (unpaired) electrons. The van der Waals surface area contributed by atoms with E-state index >= 15 is 0 Å². The van der Waals surface area contributed by atoms with E-state index in [-0.39, 0.29) is 5.91 Å². The van der Waals surface area contributed by atoms with Gasteiger partial charge in [0.1, 0.15) is 0 Å². The molecule has 1 aliphatic rings. The summed E-state index contributed by atoms with van der Waals surface area (Å²) in [6, 6.07) is 1.89. The summed E-state index contributed by atoms with van der Waals surface area (Å²) in [5.41, 5.74) is 0.833. The Bertz CT molecular complexity index is 302. The van der Waals surface area contributed by atoms with Crippen LogP contribution in [0.5, 0.6) is 0 Å². The average molecular weight is 210 g/mol. The molecule has 1 amide bonds. The summed E-state index contributed by atoms with van der Waals surface area (Å²) in [5, 5.41) is 3.87. The van der Waals surface area contributed by atoms with E-state index in [1.54, 1.807) is 11.3 Å². The van der Waals surface area contributed by atoms with Gasteiger partial charge in [0.25, 0.3) is 5.91 Å². The third kappa shape index (κ3) is 1.96. The van der Waals surface area contributed by atoms with Crippen LogP contribution in [0.15, 0.2) is 16.8 Å². The van der Waals surface area contributed by atoms with Gasteiger partial charge in [0.2, 0.25) is 0 Å². The fourth-order valence-corrected chi connectivity index (χ4v) is 2.21. The first-order valence-electron chi connectivity index (χ1n) is 4.77. The van der Waals surface area contributed by atoms with Gasteiger partial charge in [0.05, 0.1) is 5.56 Å². The zero-order valence-corrected chi connectivity index (χ0v) is 9.09. The maximum Gasteiger partial charge on any atom is 0.254 e. The van der Waals surface area contributed by atoms with Crippen molar-refractivity contribution in [1.82, 2.24) is 9.80 Å². The van der Waals surface area contributed by atoms with Crippen LogP contribution in [0.1, 0.15) is 10.4 Å². The molecule has 1 saturated heterocycles. The van der Waals surface area contributed by atoms with Crippen LogP contribution >= 0.6 is 11.3 Å². The highest BCUT2D eigenvalue weighted by molar-refractivity contribution is 7.08. The van der Waals surface area contributed by atoms with E-state index in [0.29, 0.717) is 0 Å². The molecule has 0 saturated carbocycles. The smallest absolute Gasteiger partial charge is 0.254 e. The van der Waals surface area contributed by atoms with Crippen molar-refractivity contribution < 1.29 is 4.79 Å². The molecule has 1 fully saturated rings. The number of rotatable bonds is 1. The van der Waals surface area contributed by atoms with Gasteiger partial charge in [-0.05, 0) is 18.5 Å². The van der Waals surface area contributed by atoms with Gasteiger partial charge in [-0.25, -0.2) is 0 Å². The second-order valence-corrected chi connectivity index (χ2v) is 4.39. The van der Waals surface area contributed by atoms with Gasteiger partial charge < -0.3 is 9.80 Å². The normalized spacial score (nSPS) is 18.5. The van der Waals surface area contributed by atoms with Crippen molar-refractivity contribution in [3.8, 4) is 0 Å². The predicted octanol–water partition coefficient (Wildman–Crippen LogP) is 1.14. The largest absolute Gasteiger partial charge is 0.336 e. The maximum atomic E-state index is 11.9. The number of hydrogen-bond donors (Lipinski definition) is 0. The van der Waals surface area contributed by atoms with Crippen LogP contribution in [0.2, 0.25) is 0 Å². The first-order valence-corrected chi connectivity index (χ1v) is 5.71. The molecular weight excluding hydrogens is 196 g/mol. The number of piperazine rings is 1. The topological polar surface area (TPSA) is 23.6 Å². The summed E-state index contributed by atoms with van der Waals surface area (Å²) >= 11 is 1.57. The minimum Gasteiger partial charge on any atom is -0.336 e. The van der Waals surface area contributed by atoms with Crippen molar-refractivity contribution in [2.75, 3.05) is 33.2 Å². The van der Waals surface area contributed by atoms with E-state index in [9.17, 15) is 4.79 Å². The molecular formula is C10H14N2OS. The molecule has 3 nitrogen and oxygen atoms in total. The van der Waals surface area contributed by atoms with Crippen LogP contribution in [0, 0.1) is 0 Å². The molecule has 76 valence electrons. The molecule has 1 aromatic rings. The van der Waals surface area contributed by atoms with Gasteiger partial charge in [-0.3, -0.25) is 4.79 Å².